The highest BCUT2D eigenvalue weighted by atomic mass is 31.2. The van der Waals surface area contributed by atoms with Crippen LogP contribution in [0.2, 0.25) is 0 Å². The van der Waals surface area contributed by atoms with Crippen LogP contribution in [0.1, 0.15) is 142 Å². The number of phosphoric acid groups is 1. The lowest BCUT2D eigenvalue weighted by Crippen LogP contribution is -2.37. The highest BCUT2D eigenvalue weighted by molar-refractivity contribution is 7.47. The van der Waals surface area contributed by atoms with Crippen molar-refractivity contribution in [2.75, 3.05) is 47.5 Å². The fourth-order valence-corrected chi connectivity index (χ4v) is 6.07. The molecule has 0 aromatic carbocycles. The number of likely N-dealkylation sites (N-methyl/N-ethyl adjacent to an activating group) is 1. The summed E-state index contributed by atoms with van der Waals surface area (Å²) in [4.78, 5) is 35.4. The van der Waals surface area contributed by atoms with Crippen LogP contribution in [-0.2, 0) is 32.7 Å². The monoisotopic (exact) mass is 857 g/mol. The Balaban J connectivity index is 4.48. The molecule has 0 aromatic rings. The van der Waals surface area contributed by atoms with Gasteiger partial charge in [0, 0.05) is 12.8 Å². The van der Waals surface area contributed by atoms with E-state index in [2.05, 4.69) is 117 Å². The molecular weight excluding hydrogens is 774 g/mol. The van der Waals surface area contributed by atoms with Crippen LogP contribution < -0.4 is 0 Å². The number of nitrogens with zero attached hydrogens (tertiary/aromatic N) is 1. The summed E-state index contributed by atoms with van der Waals surface area (Å²) in [6, 6.07) is 0. The predicted octanol–water partition coefficient (Wildman–Crippen LogP) is 13.1. The molecule has 0 rings (SSSR count). The van der Waals surface area contributed by atoms with Crippen LogP contribution in [0.25, 0.3) is 0 Å². The van der Waals surface area contributed by atoms with E-state index < -0.39 is 32.5 Å². The number of phosphoric ester groups is 1. The zero-order valence-electron chi connectivity index (χ0n) is 38.1. The molecule has 0 aliphatic carbocycles. The van der Waals surface area contributed by atoms with E-state index in [0.29, 0.717) is 30.3 Å². The zero-order valence-corrected chi connectivity index (χ0v) is 39.0. The van der Waals surface area contributed by atoms with E-state index in [1.807, 2.05) is 27.2 Å². The number of quaternary nitrogens is 1. The summed E-state index contributed by atoms with van der Waals surface area (Å²) < 4.78 is 34.2. The van der Waals surface area contributed by atoms with Crippen LogP contribution in [0.3, 0.4) is 0 Å². The van der Waals surface area contributed by atoms with Gasteiger partial charge < -0.3 is 18.9 Å². The molecule has 10 heteroatoms. The van der Waals surface area contributed by atoms with Gasteiger partial charge in [-0.25, -0.2) is 4.57 Å². The van der Waals surface area contributed by atoms with Crippen molar-refractivity contribution in [1.29, 1.82) is 0 Å². The summed E-state index contributed by atoms with van der Waals surface area (Å²) in [5, 5.41) is 0. The molecule has 0 spiro atoms. The summed E-state index contributed by atoms with van der Waals surface area (Å²) in [7, 11) is 1.41. The van der Waals surface area contributed by atoms with Gasteiger partial charge in [0.15, 0.2) is 6.10 Å². The van der Waals surface area contributed by atoms with Crippen molar-refractivity contribution in [3.05, 3.63) is 109 Å². The highest BCUT2D eigenvalue weighted by Crippen LogP contribution is 2.43. The number of unbranched alkanes of at least 4 members (excludes halogenated alkanes) is 7. The van der Waals surface area contributed by atoms with Gasteiger partial charge in [-0.3, -0.25) is 18.6 Å². The minimum atomic E-state index is -4.40. The van der Waals surface area contributed by atoms with E-state index in [9.17, 15) is 19.0 Å². The first kappa shape index (κ1) is 56.7. The predicted molar refractivity (Wildman–Crippen MR) is 251 cm³/mol. The molecule has 9 nitrogen and oxygen atoms in total. The van der Waals surface area contributed by atoms with Gasteiger partial charge in [-0.1, -0.05) is 149 Å². The number of carbonyl (C=O) groups excluding carboxylic acids is 2. The van der Waals surface area contributed by atoms with Gasteiger partial charge in [0.1, 0.15) is 19.8 Å². The van der Waals surface area contributed by atoms with E-state index in [-0.39, 0.29) is 26.1 Å². The first-order valence-electron chi connectivity index (χ1n) is 22.6. The summed E-state index contributed by atoms with van der Waals surface area (Å²) in [5.74, 6) is -0.895. The van der Waals surface area contributed by atoms with Gasteiger partial charge in [0.05, 0.1) is 27.7 Å². The largest absolute Gasteiger partial charge is 0.472 e. The summed E-state index contributed by atoms with van der Waals surface area (Å²) in [5.41, 5.74) is 0. The van der Waals surface area contributed by atoms with E-state index >= 15 is 0 Å². The van der Waals surface area contributed by atoms with Gasteiger partial charge in [-0.05, 0) is 89.9 Å². The molecule has 0 fully saturated rings. The number of hydrogen-bond acceptors (Lipinski definition) is 7. The summed E-state index contributed by atoms with van der Waals surface area (Å²) >= 11 is 0. The quantitative estimate of drug-likeness (QED) is 0.0214. The molecule has 2 atom stereocenters. The van der Waals surface area contributed by atoms with Crippen molar-refractivity contribution in [3.8, 4) is 0 Å². The Morgan fingerprint density at radius 2 is 0.917 bits per heavy atom. The Morgan fingerprint density at radius 3 is 1.38 bits per heavy atom. The molecular formula is C50H83NO8P+. The smallest absolute Gasteiger partial charge is 0.462 e. The van der Waals surface area contributed by atoms with Crippen molar-refractivity contribution in [2.45, 2.75) is 148 Å². The molecule has 0 aromatic heterocycles. The van der Waals surface area contributed by atoms with Crippen LogP contribution in [0.4, 0.5) is 0 Å². The molecule has 2 unspecified atom stereocenters. The van der Waals surface area contributed by atoms with E-state index in [1.54, 1.807) is 0 Å². The second-order valence-electron chi connectivity index (χ2n) is 15.7. The topological polar surface area (TPSA) is 108 Å². The average molecular weight is 857 g/mol. The van der Waals surface area contributed by atoms with Gasteiger partial charge >= 0.3 is 19.8 Å². The molecule has 0 saturated heterocycles. The van der Waals surface area contributed by atoms with Gasteiger partial charge in [0.25, 0.3) is 0 Å². The Bertz CT molecular complexity index is 1380. The van der Waals surface area contributed by atoms with Crippen molar-refractivity contribution in [2.24, 2.45) is 0 Å². The number of carbonyl (C=O) groups is 2. The fraction of sp³-hybridized carbons (Fsp3) is 0.600. The number of ether oxygens (including phenoxy) is 2. The first-order chi connectivity index (χ1) is 29.0. The molecule has 0 bridgehead atoms. The Morgan fingerprint density at radius 1 is 0.517 bits per heavy atom. The SMILES string of the molecule is CC/C=C\C/C=C\C/C=C\C/C=C\C/C=C\CCCC(=O)OC(COC(=O)CCCCCCCC/C=C\C/C=C\C/C=C\C/C=C\CC)COP(=O)(O)OCC[N+](C)(C)C. The molecule has 0 radical (unpaired) electrons. The number of allylic oxidation sites excluding steroid dienone is 18. The molecule has 0 saturated carbocycles. The number of hydrogen-bond donors (Lipinski definition) is 1. The molecule has 1 N–H and O–H groups in total. The zero-order chi connectivity index (χ0) is 44.3. The molecule has 0 heterocycles. The van der Waals surface area contributed by atoms with E-state index in [1.165, 1.54) is 0 Å². The standard InChI is InChI=1S/C50H82NO8P/c1-6-8-10-12-14-16-18-20-22-24-25-27-28-30-32-34-36-38-40-42-49(52)56-46-48(47-58-60(54,55)57-45-44-51(3,4)5)59-50(53)43-41-39-37-35-33-31-29-26-23-21-19-17-15-13-11-9-7-2/h8-11,14-17,20-23,25,27,29,31,35,37,48H,6-7,12-13,18-19,24,26,28,30,32-34,36,38-47H2,1-5H3/p+1/b10-8-,11-9-,16-14-,17-15-,22-20-,23-21-,27-25-,31-29-,37-35-. The van der Waals surface area contributed by atoms with Crippen molar-refractivity contribution in [3.63, 3.8) is 0 Å². The van der Waals surface area contributed by atoms with Gasteiger partial charge in [0.2, 0.25) is 0 Å². The maximum absolute atomic E-state index is 12.7. The second kappa shape index (κ2) is 41.0. The van der Waals surface area contributed by atoms with Crippen LogP contribution in [0.15, 0.2) is 109 Å². The molecule has 0 aliphatic rings. The Labute approximate surface area is 366 Å². The lowest BCUT2D eigenvalue weighted by atomic mass is 10.1. The lowest BCUT2D eigenvalue weighted by molar-refractivity contribution is -0.870. The van der Waals surface area contributed by atoms with Crippen LogP contribution in [0.5, 0.6) is 0 Å². The summed E-state index contributed by atoms with van der Waals surface area (Å²) in [6.45, 7) is 4.08. The van der Waals surface area contributed by atoms with Crippen molar-refractivity contribution < 1.29 is 42.1 Å². The third-order valence-corrected chi connectivity index (χ3v) is 9.78. The normalized spacial score (nSPS) is 14.6. The maximum atomic E-state index is 12.7. The average Bonchev–Trinajstić information content (AvgIpc) is 3.20. The fourth-order valence-electron chi connectivity index (χ4n) is 5.33. The van der Waals surface area contributed by atoms with Crippen LogP contribution >= 0.6 is 7.82 Å². The third kappa shape index (κ3) is 44.2. The van der Waals surface area contributed by atoms with E-state index in [4.69, 9.17) is 18.5 Å². The Hall–Kier alpha value is -3.33. The molecule has 60 heavy (non-hydrogen) atoms. The second-order valence-corrected chi connectivity index (χ2v) is 17.1. The van der Waals surface area contributed by atoms with Crippen LogP contribution in [-0.4, -0.2) is 74.9 Å². The summed E-state index contributed by atoms with van der Waals surface area (Å²) in [6.07, 6.45) is 55.7. The molecule has 0 amide bonds. The maximum Gasteiger partial charge on any atom is 0.472 e. The molecule has 340 valence electrons. The van der Waals surface area contributed by atoms with Gasteiger partial charge in [-0.2, -0.15) is 0 Å². The number of rotatable bonds is 39. The minimum Gasteiger partial charge on any atom is -0.462 e. The lowest BCUT2D eigenvalue weighted by Gasteiger charge is -2.24. The number of esters is 2. The first-order valence-corrected chi connectivity index (χ1v) is 24.1. The van der Waals surface area contributed by atoms with Gasteiger partial charge in [-0.15, -0.1) is 0 Å². The van der Waals surface area contributed by atoms with Crippen molar-refractivity contribution >= 4 is 19.8 Å². The Kier molecular flexibility index (Phi) is 38.8. The molecule has 0 aliphatic heterocycles. The van der Waals surface area contributed by atoms with Crippen molar-refractivity contribution in [1.82, 2.24) is 0 Å². The van der Waals surface area contributed by atoms with E-state index in [0.717, 1.165) is 96.3 Å². The highest BCUT2D eigenvalue weighted by Gasteiger charge is 2.27. The minimum absolute atomic E-state index is 0.0117. The third-order valence-electron chi connectivity index (χ3n) is 8.80. The van der Waals surface area contributed by atoms with Crippen LogP contribution in [0, 0.1) is 0 Å².